The van der Waals surface area contributed by atoms with Gasteiger partial charge in [-0.1, -0.05) is 6.07 Å². The van der Waals surface area contributed by atoms with Crippen molar-refractivity contribution in [2.24, 2.45) is 0 Å². The van der Waals surface area contributed by atoms with Gasteiger partial charge in [-0.15, -0.1) is 0 Å². The summed E-state index contributed by atoms with van der Waals surface area (Å²) in [6.07, 6.45) is 4.93. The second-order valence-corrected chi connectivity index (χ2v) is 5.42. The van der Waals surface area contributed by atoms with Crippen LogP contribution in [0.25, 0.3) is 0 Å². The molecule has 0 heterocycles. The molecule has 0 bridgehead atoms. The summed E-state index contributed by atoms with van der Waals surface area (Å²) in [5.74, 6) is 0.778. The lowest BCUT2D eigenvalue weighted by Gasteiger charge is -2.23. The molecule has 2 unspecified atom stereocenters. The monoisotopic (exact) mass is 248 g/mol. The molecule has 1 fully saturated rings. The van der Waals surface area contributed by atoms with Crippen molar-refractivity contribution in [2.75, 3.05) is 0 Å². The minimum Gasteiger partial charge on any atom is -0.488 e. The number of aliphatic hydroxyl groups excluding tert-OH is 2. The van der Waals surface area contributed by atoms with Gasteiger partial charge in [0.15, 0.2) is 0 Å². The highest BCUT2D eigenvalue weighted by Crippen LogP contribution is 2.33. The van der Waals surface area contributed by atoms with Gasteiger partial charge in [-0.3, -0.25) is 0 Å². The molecule has 2 aliphatic rings. The molecule has 0 spiro atoms. The van der Waals surface area contributed by atoms with Gasteiger partial charge >= 0.3 is 0 Å². The molecule has 3 nitrogen and oxygen atoms in total. The van der Waals surface area contributed by atoms with Crippen molar-refractivity contribution in [3.63, 3.8) is 0 Å². The SMILES string of the molecule is OC1CCCC1Oc1ccc2c(c1)[C@@H](O)CCC2. The highest BCUT2D eigenvalue weighted by atomic mass is 16.5. The molecule has 1 aromatic rings. The fourth-order valence-corrected chi connectivity index (χ4v) is 3.04. The minimum absolute atomic E-state index is 0.0798. The summed E-state index contributed by atoms with van der Waals surface area (Å²) >= 11 is 0. The maximum absolute atomic E-state index is 9.99. The number of benzene rings is 1. The molecule has 18 heavy (non-hydrogen) atoms. The van der Waals surface area contributed by atoms with Crippen LogP contribution in [0.15, 0.2) is 18.2 Å². The van der Waals surface area contributed by atoms with Crippen LogP contribution in [0, 0.1) is 0 Å². The first-order valence-electron chi connectivity index (χ1n) is 6.89. The van der Waals surface area contributed by atoms with Crippen molar-refractivity contribution in [3.05, 3.63) is 29.3 Å². The van der Waals surface area contributed by atoms with Crippen LogP contribution in [0.3, 0.4) is 0 Å². The van der Waals surface area contributed by atoms with Gasteiger partial charge in [0.05, 0.1) is 12.2 Å². The third kappa shape index (κ3) is 2.25. The Labute approximate surface area is 107 Å². The normalized spacial score (nSPS) is 31.1. The predicted octanol–water partition coefficient (Wildman–Crippen LogP) is 2.35. The van der Waals surface area contributed by atoms with E-state index >= 15 is 0 Å². The zero-order valence-corrected chi connectivity index (χ0v) is 10.5. The van der Waals surface area contributed by atoms with Gasteiger partial charge in [-0.05, 0) is 61.8 Å². The van der Waals surface area contributed by atoms with Crippen LogP contribution < -0.4 is 4.74 Å². The van der Waals surface area contributed by atoms with Gasteiger partial charge in [-0.2, -0.15) is 0 Å². The fourth-order valence-electron chi connectivity index (χ4n) is 3.04. The van der Waals surface area contributed by atoms with E-state index in [1.165, 1.54) is 5.56 Å². The smallest absolute Gasteiger partial charge is 0.124 e. The highest BCUT2D eigenvalue weighted by molar-refractivity contribution is 5.38. The first kappa shape index (κ1) is 12.0. The Balaban J connectivity index is 1.79. The van der Waals surface area contributed by atoms with Gasteiger partial charge < -0.3 is 14.9 Å². The number of fused-ring (bicyclic) bond motifs is 1. The fraction of sp³-hybridized carbons (Fsp3) is 0.600. The molecule has 2 aliphatic carbocycles. The van der Waals surface area contributed by atoms with E-state index in [4.69, 9.17) is 4.74 Å². The van der Waals surface area contributed by atoms with Gasteiger partial charge in [0.25, 0.3) is 0 Å². The Morgan fingerprint density at radius 2 is 1.94 bits per heavy atom. The van der Waals surface area contributed by atoms with E-state index in [0.29, 0.717) is 0 Å². The van der Waals surface area contributed by atoms with E-state index in [2.05, 4.69) is 0 Å². The summed E-state index contributed by atoms with van der Waals surface area (Å²) < 4.78 is 5.84. The Kier molecular flexibility index (Phi) is 3.27. The van der Waals surface area contributed by atoms with E-state index in [1.807, 2.05) is 18.2 Å². The topological polar surface area (TPSA) is 49.7 Å². The quantitative estimate of drug-likeness (QED) is 0.844. The molecule has 1 aromatic carbocycles. The summed E-state index contributed by atoms with van der Waals surface area (Å²) in [5.41, 5.74) is 2.24. The van der Waals surface area contributed by atoms with Crippen LogP contribution in [-0.4, -0.2) is 22.4 Å². The van der Waals surface area contributed by atoms with Crippen molar-refractivity contribution in [1.82, 2.24) is 0 Å². The van der Waals surface area contributed by atoms with E-state index in [1.54, 1.807) is 0 Å². The number of rotatable bonds is 2. The van der Waals surface area contributed by atoms with Crippen LogP contribution in [0.2, 0.25) is 0 Å². The molecule has 0 aliphatic heterocycles. The van der Waals surface area contributed by atoms with E-state index in [-0.39, 0.29) is 18.3 Å². The van der Waals surface area contributed by atoms with Crippen molar-refractivity contribution in [3.8, 4) is 5.75 Å². The second kappa shape index (κ2) is 4.90. The van der Waals surface area contributed by atoms with Crippen molar-refractivity contribution >= 4 is 0 Å². The van der Waals surface area contributed by atoms with Crippen LogP contribution in [-0.2, 0) is 6.42 Å². The third-order valence-electron chi connectivity index (χ3n) is 4.11. The largest absolute Gasteiger partial charge is 0.488 e. The maximum atomic E-state index is 9.99. The van der Waals surface area contributed by atoms with Crippen LogP contribution in [0.1, 0.15) is 49.3 Å². The number of ether oxygens (including phenoxy) is 1. The Bertz CT molecular complexity index is 430. The third-order valence-corrected chi connectivity index (χ3v) is 4.11. The summed E-state index contributed by atoms with van der Waals surface area (Å²) in [6, 6.07) is 5.96. The molecule has 98 valence electrons. The first-order chi connectivity index (χ1) is 8.74. The molecular weight excluding hydrogens is 228 g/mol. The van der Waals surface area contributed by atoms with Crippen molar-refractivity contribution < 1.29 is 14.9 Å². The number of aliphatic hydroxyl groups is 2. The first-order valence-corrected chi connectivity index (χ1v) is 6.89. The van der Waals surface area contributed by atoms with Crippen molar-refractivity contribution in [2.45, 2.75) is 56.8 Å². The summed E-state index contributed by atoms with van der Waals surface area (Å²) in [7, 11) is 0. The molecule has 0 saturated heterocycles. The summed E-state index contributed by atoms with van der Waals surface area (Å²) in [6.45, 7) is 0. The van der Waals surface area contributed by atoms with E-state index in [9.17, 15) is 10.2 Å². The molecule has 3 heteroatoms. The summed E-state index contributed by atoms with van der Waals surface area (Å²) in [4.78, 5) is 0. The Morgan fingerprint density at radius 3 is 2.72 bits per heavy atom. The maximum Gasteiger partial charge on any atom is 0.124 e. The van der Waals surface area contributed by atoms with Crippen LogP contribution >= 0.6 is 0 Å². The average Bonchev–Trinajstić information content (AvgIpc) is 2.76. The Hall–Kier alpha value is -1.06. The zero-order chi connectivity index (χ0) is 12.5. The van der Waals surface area contributed by atoms with Gasteiger partial charge in [-0.25, -0.2) is 0 Å². The van der Waals surface area contributed by atoms with Crippen molar-refractivity contribution in [1.29, 1.82) is 0 Å². The molecule has 3 atom stereocenters. The van der Waals surface area contributed by atoms with Gasteiger partial charge in [0.1, 0.15) is 11.9 Å². The molecular formula is C15H20O3. The van der Waals surface area contributed by atoms with E-state index in [0.717, 1.165) is 49.8 Å². The number of hydrogen-bond donors (Lipinski definition) is 2. The van der Waals surface area contributed by atoms with Gasteiger partial charge in [0.2, 0.25) is 0 Å². The lowest BCUT2D eigenvalue weighted by molar-refractivity contribution is 0.0600. The van der Waals surface area contributed by atoms with Crippen LogP contribution in [0.4, 0.5) is 0 Å². The lowest BCUT2D eigenvalue weighted by Crippen LogP contribution is -2.25. The molecule has 0 aromatic heterocycles. The predicted molar refractivity (Wildman–Crippen MR) is 68.6 cm³/mol. The molecule has 0 radical (unpaired) electrons. The lowest BCUT2D eigenvalue weighted by atomic mass is 9.89. The zero-order valence-electron chi connectivity index (χ0n) is 10.5. The summed E-state index contributed by atoms with van der Waals surface area (Å²) in [5, 5.41) is 19.8. The Morgan fingerprint density at radius 1 is 1.06 bits per heavy atom. The highest BCUT2D eigenvalue weighted by Gasteiger charge is 2.27. The van der Waals surface area contributed by atoms with Crippen LogP contribution in [0.5, 0.6) is 5.75 Å². The molecule has 2 N–H and O–H groups in total. The molecule has 0 amide bonds. The van der Waals surface area contributed by atoms with Gasteiger partial charge in [0, 0.05) is 0 Å². The molecule has 3 rings (SSSR count). The number of aryl methyl sites for hydroxylation is 1. The standard InChI is InChI=1S/C15H20O3/c16-13-4-1-3-10-7-8-11(9-12(10)13)18-15-6-2-5-14(15)17/h7-9,13-17H,1-6H2/t13-,14?,15?/m0/s1. The van der Waals surface area contributed by atoms with E-state index < -0.39 is 0 Å². The number of hydrogen-bond acceptors (Lipinski definition) is 3. The second-order valence-electron chi connectivity index (χ2n) is 5.42. The average molecular weight is 248 g/mol. The molecule has 1 saturated carbocycles. The minimum atomic E-state index is -0.356.